The molecule has 2 heterocycles. The molecule has 2 aromatic heterocycles. The zero-order valence-electron chi connectivity index (χ0n) is 9.24. The Morgan fingerprint density at radius 1 is 1.19 bits per heavy atom. The van der Waals surface area contributed by atoms with Crippen molar-refractivity contribution in [2.45, 2.75) is 13.8 Å². The van der Waals surface area contributed by atoms with E-state index in [1.807, 2.05) is 19.1 Å². The van der Waals surface area contributed by atoms with Crippen molar-refractivity contribution in [1.29, 1.82) is 0 Å². The van der Waals surface area contributed by atoms with Crippen LogP contribution in [-0.4, -0.2) is 9.97 Å². The van der Waals surface area contributed by atoms with Gasteiger partial charge in [-0.3, -0.25) is 0 Å². The third-order valence-corrected chi connectivity index (χ3v) is 2.64. The average Bonchev–Trinajstić information content (AvgIpc) is 2.83. The predicted molar refractivity (Wildman–Crippen MR) is 63.3 cm³/mol. The van der Waals surface area contributed by atoms with Gasteiger partial charge in [-0.1, -0.05) is 6.07 Å². The van der Waals surface area contributed by atoms with Gasteiger partial charge < -0.3 is 9.40 Å². The Morgan fingerprint density at radius 3 is 2.81 bits per heavy atom. The van der Waals surface area contributed by atoms with Gasteiger partial charge in [0.1, 0.15) is 17.8 Å². The molecule has 0 aliphatic heterocycles. The molecule has 3 rings (SSSR count). The molecule has 80 valence electrons. The molecular weight excluding hydrogens is 200 g/mol. The van der Waals surface area contributed by atoms with E-state index in [4.69, 9.17) is 4.42 Å². The summed E-state index contributed by atoms with van der Waals surface area (Å²) in [6, 6.07) is 8.16. The molecule has 0 atom stereocenters. The highest BCUT2D eigenvalue weighted by molar-refractivity contribution is 5.79. The molecule has 0 spiro atoms. The Hall–Kier alpha value is -2.03. The molecule has 0 radical (unpaired) electrons. The zero-order chi connectivity index (χ0) is 11.1. The lowest BCUT2D eigenvalue weighted by atomic mass is 10.2. The van der Waals surface area contributed by atoms with Crippen molar-refractivity contribution in [2.24, 2.45) is 0 Å². The van der Waals surface area contributed by atoms with Gasteiger partial charge in [-0.2, -0.15) is 0 Å². The summed E-state index contributed by atoms with van der Waals surface area (Å²) in [5.41, 5.74) is 4.27. The van der Waals surface area contributed by atoms with Gasteiger partial charge in [0.05, 0.1) is 16.6 Å². The van der Waals surface area contributed by atoms with E-state index in [0.717, 1.165) is 28.2 Å². The maximum atomic E-state index is 5.28. The van der Waals surface area contributed by atoms with Gasteiger partial charge in [0.15, 0.2) is 0 Å². The van der Waals surface area contributed by atoms with Crippen LogP contribution in [0.2, 0.25) is 0 Å². The van der Waals surface area contributed by atoms with Gasteiger partial charge in [0.2, 0.25) is 0 Å². The molecule has 3 heteroatoms. The molecule has 0 bridgehead atoms. The highest BCUT2D eigenvalue weighted by Gasteiger charge is 2.07. The van der Waals surface area contributed by atoms with E-state index >= 15 is 0 Å². The summed E-state index contributed by atoms with van der Waals surface area (Å²) in [5.74, 6) is 1.75. The van der Waals surface area contributed by atoms with Crippen molar-refractivity contribution in [3.05, 3.63) is 41.9 Å². The van der Waals surface area contributed by atoms with Crippen molar-refractivity contribution >= 4 is 11.0 Å². The van der Waals surface area contributed by atoms with Gasteiger partial charge >= 0.3 is 0 Å². The fraction of sp³-hybridized carbons (Fsp3) is 0.154. The molecule has 0 aliphatic carbocycles. The number of aromatic nitrogens is 2. The fourth-order valence-corrected chi connectivity index (χ4v) is 1.83. The number of aryl methyl sites for hydroxylation is 2. The summed E-state index contributed by atoms with van der Waals surface area (Å²) in [5, 5.41) is 0. The Balaban J connectivity index is 2.18. The Bertz CT molecular complexity index is 649. The minimum absolute atomic E-state index is 0.859. The van der Waals surface area contributed by atoms with E-state index in [9.17, 15) is 0 Å². The van der Waals surface area contributed by atoms with Gasteiger partial charge in [-0.25, -0.2) is 4.98 Å². The molecule has 1 aromatic carbocycles. The van der Waals surface area contributed by atoms with Crippen LogP contribution in [0.15, 0.2) is 34.9 Å². The highest BCUT2D eigenvalue weighted by atomic mass is 16.3. The van der Waals surface area contributed by atoms with E-state index in [-0.39, 0.29) is 0 Å². The van der Waals surface area contributed by atoms with E-state index in [1.54, 1.807) is 6.26 Å². The molecule has 3 aromatic rings. The number of hydrogen-bond acceptors (Lipinski definition) is 2. The fourth-order valence-electron chi connectivity index (χ4n) is 1.83. The molecule has 0 fully saturated rings. The highest BCUT2D eigenvalue weighted by Crippen LogP contribution is 2.22. The summed E-state index contributed by atoms with van der Waals surface area (Å²) in [6.45, 7) is 4.00. The van der Waals surface area contributed by atoms with Crippen LogP contribution in [0.5, 0.6) is 0 Å². The quantitative estimate of drug-likeness (QED) is 0.671. The molecule has 0 aliphatic rings. The first-order valence-electron chi connectivity index (χ1n) is 5.24. The number of nitrogens with one attached hydrogen (secondary N) is 1. The monoisotopic (exact) mass is 212 g/mol. The maximum Gasteiger partial charge on any atom is 0.141 e. The van der Waals surface area contributed by atoms with Crippen LogP contribution >= 0.6 is 0 Å². The second-order valence-corrected chi connectivity index (χ2v) is 4.05. The van der Waals surface area contributed by atoms with Gasteiger partial charge in [0, 0.05) is 0 Å². The van der Waals surface area contributed by atoms with Gasteiger partial charge in [-0.05, 0) is 37.6 Å². The molecule has 1 N–H and O–H groups in total. The summed E-state index contributed by atoms with van der Waals surface area (Å²) >= 11 is 0. The minimum atomic E-state index is 0.859. The lowest BCUT2D eigenvalue weighted by Gasteiger charge is -1.89. The molecule has 0 saturated carbocycles. The van der Waals surface area contributed by atoms with E-state index in [0.29, 0.717) is 0 Å². The molecule has 16 heavy (non-hydrogen) atoms. The van der Waals surface area contributed by atoms with Crippen LogP contribution in [0.25, 0.3) is 22.4 Å². The Kier molecular flexibility index (Phi) is 1.86. The van der Waals surface area contributed by atoms with E-state index in [1.165, 1.54) is 5.56 Å². The summed E-state index contributed by atoms with van der Waals surface area (Å²) in [6.07, 6.45) is 1.72. The number of H-pyrrole nitrogens is 1. The number of hydrogen-bond donors (Lipinski definition) is 1. The summed E-state index contributed by atoms with van der Waals surface area (Å²) < 4.78 is 5.28. The number of benzene rings is 1. The van der Waals surface area contributed by atoms with Crippen LogP contribution in [0, 0.1) is 13.8 Å². The number of aromatic amines is 1. The number of fused-ring (bicyclic) bond motifs is 1. The number of nitrogens with zero attached hydrogens (tertiary/aromatic N) is 1. The van der Waals surface area contributed by atoms with Crippen LogP contribution < -0.4 is 0 Å². The standard InChI is InChI=1S/C13H12N2O/c1-8-3-4-11-12(5-8)15-13(14-11)10-6-9(2)16-7-10/h3-7H,1-2H3,(H,14,15). The maximum absolute atomic E-state index is 5.28. The number of furan rings is 1. The molecule has 3 nitrogen and oxygen atoms in total. The summed E-state index contributed by atoms with van der Waals surface area (Å²) in [4.78, 5) is 7.82. The largest absolute Gasteiger partial charge is 0.469 e. The van der Waals surface area contributed by atoms with Gasteiger partial charge in [-0.15, -0.1) is 0 Å². The lowest BCUT2D eigenvalue weighted by Crippen LogP contribution is -1.74. The summed E-state index contributed by atoms with van der Waals surface area (Å²) in [7, 11) is 0. The normalized spacial score (nSPS) is 11.1. The second kappa shape index (κ2) is 3.23. The van der Waals surface area contributed by atoms with Crippen molar-refractivity contribution in [3.8, 4) is 11.4 Å². The van der Waals surface area contributed by atoms with Crippen molar-refractivity contribution < 1.29 is 4.42 Å². The first-order chi connectivity index (χ1) is 7.72. The van der Waals surface area contributed by atoms with E-state index in [2.05, 4.69) is 29.0 Å². The first kappa shape index (κ1) is 9.21. The number of imidazole rings is 1. The van der Waals surface area contributed by atoms with Crippen molar-refractivity contribution in [2.75, 3.05) is 0 Å². The zero-order valence-corrected chi connectivity index (χ0v) is 9.24. The second-order valence-electron chi connectivity index (χ2n) is 4.05. The van der Waals surface area contributed by atoms with Crippen molar-refractivity contribution in [1.82, 2.24) is 9.97 Å². The third kappa shape index (κ3) is 1.41. The van der Waals surface area contributed by atoms with Crippen molar-refractivity contribution in [3.63, 3.8) is 0 Å². The average molecular weight is 212 g/mol. The Morgan fingerprint density at radius 2 is 2.06 bits per heavy atom. The van der Waals surface area contributed by atoms with Crippen LogP contribution in [0.3, 0.4) is 0 Å². The SMILES string of the molecule is Cc1ccc2nc(-c3coc(C)c3)[nH]c2c1. The molecule has 0 amide bonds. The predicted octanol–water partition coefficient (Wildman–Crippen LogP) is 3.44. The minimum Gasteiger partial charge on any atom is -0.469 e. The topological polar surface area (TPSA) is 41.8 Å². The van der Waals surface area contributed by atoms with Crippen LogP contribution in [-0.2, 0) is 0 Å². The Labute approximate surface area is 93.1 Å². The third-order valence-electron chi connectivity index (χ3n) is 2.64. The molecule has 0 unspecified atom stereocenters. The van der Waals surface area contributed by atoms with Crippen LogP contribution in [0.1, 0.15) is 11.3 Å². The number of rotatable bonds is 1. The van der Waals surface area contributed by atoms with Crippen LogP contribution in [0.4, 0.5) is 0 Å². The smallest absolute Gasteiger partial charge is 0.141 e. The molecular formula is C13H12N2O. The lowest BCUT2D eigenvalue weighted by molar-refractivity contribution is 0.535. The van der Waals surface area contributed by atoms with Gasteiger partial charge in [0.25, 0.3) is 0 Å². The first-order valence-corrected chi connectivity index (χ1v) is 5.24. The van der Waals surface area contributed by atoms with E-state index < -0.39 is 0 Å². The molecule has 0 saturated heterocycles.